The van der Waals surface area contributed by atoms with E-state index in [-0.39, 0.29) is 30.5 Å². The number of aromatic nitrogens is 1. The first-order valence-electron chi connectivity index (χ1n) is 9.36. The Balaban J connectivity index is 2.02. The molecule has 1 aromatic carbocycles. The van der Waals surface area contributed by atoms with Gasteiger partial charge in [-0.05, 0) is 37.3 Å². The van der Waals surface area contributed by atoms with Crippen LogP contribution in [0.1, 0.15) is 60.1 Å². The van der Waals surface area contributed by atoms with Gasteiger partial charge in [0.25, 0.3) is 0 Å². The fourth-order valence-electron chi connectivity index (χ4n) is 3.88. The molecule has 0 saturated heterocycles. The van der Waals surface area contributed by atoms with Crippen LogP contribution in [0.3, 0.4) is 0 Å². The van der Waals surface area contributed by atoms with E-state index in [1.54, 1.807) is 6.92 Å². The number of fused-ring (bicyclic) bond motifs is 1. The highest BCUT2D eigenvalue weighted by Gasteiger charge is 2.35. The van der Waals surface area contributed by atoms with Crippen LogP contribution in [0.2, 0.25) is 0 Å². The predicted octanol–water partition coefficient (Wildman–Crippen LogP) is 4.77. The van der Waals surface area contributed by atoms with Gasteiger partial charge in [0.05, 0.1) is 12.2 Å². The molecule has 152 valence electrons. The number of nitrogens with zero attached hydrogens (tertiary/aromatic N) is 1. The molecule has 1 aromatic heterocycles. The molecule has 3 N–H and O–H groups in total. The van der Waals surface area contributed by atoms with E-state index in [0.29, 0.717) is 24.2 Å². The second-order valence-corrected chi connectivity index (χ2v) is 8.18. The molecular weight excluding hydrogens is 384 g/mol. The lowest BCUT2D eigenvalue weighted by molar-refractivity contribution is -0.0382. The summed E-state index contributed by atoms with van der Waals surface area (Å²) >= 11 is 1.14. The summed E-state index contributed by atoms with van der Waals surface area (Å²) in [5, 5.41) is 8.21. The van der Waals surface area contributed by atoms with E-state index in [0.717, 1.165) is 33.9 Å². The lowest BCUT2D eigenvalue weighted by atomic mass is 9.82. The van der Waals surface area contributed by atoms with Gasteiger partial charge in [0.15, 0.2) is 5.17 Å². The van der Waals surface area contributed by atoms with Crippen LogP contribution in [0, 0.1) is 5.41 Å². The minimum Gasteiger partial charge on any atom is -0.462 e. The van der Waals surface area contributed by atoms with Crippen molar-refractivity contribution in [2.75, 3.05) is 6.61 Å². The van der Waals surface area contributed by atoms with Gasteiger partial charge in [-0.1, -0.05) is 23.9 Å². The Morgan fingerprint density at radius 3 is 2.68 bits per heavy atom. The van der Waals surface area contributed by atoms with Crippen LogP contribution < -0.4 is 5.73 Å². The summed E-state index contributed by atoms with van der Waals surface area (Å²) in [6, 6.07) is 5.81. The van der Waals surface area contributed by atoms with Crippen molar-refractivity contribution < 1.29 is 18.3 Å². The second-order valence-electron chi connectivity index (χ2n) is 7.16. The van der Waals surface area contributed by atoms with E-state index in [1.165, 1.54) is 0 Å². The molecule has 1 aliphatic carbocycles. The predicted molar refractivity (Wildman–Crippen MR) is 108 cm³/mol. The molecule has 0 aliphatic heterocycles. The van der Waals surface area contributed by atoms with Crippen molar-refractivity contribution in [2.24, 2.45) is 12.8 Å². The fourth-order valence-corrected chi connectivity index (χ4v) is 4.51. The topological polar surface area (TPSA) is 81.1 Å². The smallest absolute Gasteiger partial charge is 0.340 e. The molecule has 8 heteroatoms. The molecule has 1 saturated carbocycles. The largest absolute Gasteiger partial charge is 0.462 e. The number of carbonyl (C=O) groups excluding carboxylic acids is 1. The summed E-state index contributed by atoms with van der Waals surface area (Å²) in [7, 11) is 1.86. The molecule has 0 unspecified atom stereocenters. The minimum absolute atomic E-state index is 0.0242. The van der Waals surface area contributed by atoms with E-state index in [2.05, 4.69) is 0 Å². The monoisotopic (exact) mass is 409 g/mol. The lowest BCUT2D eigenvalue weighted by Crippen LogP contribution is -2.23. The number of halogens is 2. The van der Waals surface area contributed by atoms with Crippen LogP contribution in [0.4, 0.5) is 8.78 Å². The van der Waals surface area contributed by atoms with Crippen LogP contribution in [0.5, 0.6) is 0 Å². The number of thioether (sulfide) groups is 1. The average Bonchev–Trinajstić information content (AvgIpc) is 2.92. The van der Waals surface area contributed by atoms with E-state index in [9.17, 15) is 13.6 Å². The maximum atomic E-state index is 13.5. The third kappa shape index (κ3) is 4.16. The maximum absolute atomic E-state index is 13.5. The Morgan fingerprint density at radius 1 is 1.39 bits per heavy atom. The van der Waals surface area contributed by atoms with Crippen LogP contribution in [-0.2, 0) is 17.5 Å². The highest BCUT2D eigenvalue weighted by atomic mass is 32.2. The standard InChI is InChI=1S/C20H25F2N3O2S/c1-3-27-18(26)17-14-5-4-13(12-6-8-20(21,22)9-7-12)10-15(14)25(2)16(17)11-28-19(23)24/h4-5,10,12H,3,6-9,11H2,1-2H3,(H3,23,24). The molecule has 5 nitrogen and oxygen atoms in total. The number of nitrogens with two attached hydrogens (primary N) is 1. The Bertz CT molecular complexity index is 900. The molecule has 0 bridgehead atoms. The molecule has 2 aromatic rings. The second kappa shape index (κ2) is 8.11. The summed E-state index contributed by atoms with van der Waals surface area (Å²) < 4.78 is 34.1. The van der Waals surface area contributed by atoms with Crippen LogP contribution in [0.15, 0.2) is 18.2 Å². The Hall–Kier alpha value is -2.09. The van der Waals surface area contributed by atoms with Gasteiger partial charge < -0.3 is 15.0 Å². The number of alkyl halides is 2. The molecule has 1 aliphatic rings. The number of carbonyl (C=O) groups is 1. The first kappa shape index (κ1) is 20.6. The summed E-state index contributed by atoms with van der Waals surface area (Å²) in [4.78, 5) is 12.6. The maximum Gasteiger partial charge on any atom is 0.340 e. The SMILES string of the molecule is CCOC(=O)c1c(CSC(=N)N)n(C)c2cc(C3CCC(F)(F)CC3)ccc12. The van der Waals surface area contributed by atoms with Gasteiger partial charge >= 0.3 is 5.97 Å². The van der Waals surface area contributed by atoms with Gasteiger partial charge in [-0.25, -0.2) is 13.6 Å². The quantitative estimate of drug-likeness (QED) is 0.423. The Morgan fingerprint density at radius 2 is 2.07 bits per heavy atom. The molecule has 0 spiro atoms. The Labute approximate surface area is 167 Å². The fraction of sp³-hybridized carbons (Fsp3) is 0.500. The number of nitrogens with one attached hydrogen (secondary N) is 1. The number of ether oxygens (including phenoxy) is 1. The average molecular weight is 410 g/mol. The molecule has 28 heavy (non-hydrogen) atoms. The van der Waals surface area contributed by atoms with Crippen LogP contribution >= 0.6 is 11.8 Å². The van der Waals surface area contributed by atoms with Gasteiger partial charge in [0.1, 0.15) is 0 Å². The highest BCUT2D eigenvalue weighted by Crippen LogP contribution is 2.42. The molecule has 0 atom stereocenters. The molecule has 1 fully saturated rings. The third-order valence-corrected chi connectivity index (χ3v) is 6.11. The number of amidine groups is 1. The third-order valence-electron chi connectivity index (χ3n) is 5.38. The van der Waals surface area contributed by atoms with Gasteiger partial charge in [0, 0.05) is 42.2 Å². The van der Waals surface area contributed by atoms with E-state index in [1.807, 2.05) is 29.8 Å². The van der Waals surface area contributed by atoms with Crippen LogP contribution in [0.25, 0.3) is 10.9 Å². The van der Waals surface area contributed by atoms with Crippen molar-refractivity contribution in [1.29, 1.82) is 5.41 Å². The summed E-state index contributed by atoms with van der Waals surface area (Å²) in [6.07, 6.45) is 0.746. The lowest BCUT2D eigenvalue weighted by Gasteiger charge is -2.28. The number of benzene rings is 1. The molecule has 0 amide bonds. The first-order chi connectivity index (χ1) is 13.2. The zero-order valence-corrected chi connectivity index (χ0v) is 16.9. The normalized spacial score (nSPS) is 17.0. The number of aryl methyl sites for hydroxylation is 1. The van der Waals surface area contributed by atoms with Crippen molar-refractivity contribution in [3.8, 4) is 0 Å². The molecule has 1 heterocycles. The number of hydrogen-bond donors (Lipinski definition) is 2. The zero-order chi connectivity index (χ0) is 20.5. The Kier molecular flexibility index (Phi) is 5.98. The zero-order valence-electron chi connectivity index (χ0n) is 16.1. The van der Waals surface area contributed by atoms with Gasteiger partial charge in [-0.15, -0.1) is 0 Å². The van der Waals surface area contributed by atoms with E-state index < -0.39 is 11.9 Å². The van der Waals surface area contributed by atoms with Gasteiger partial charge in [-0.2, -0.15) is 0 Å². The van der Waals surface area contributed by atoms with Gasteiger partial charge in [0.2, 0.25) is 5.92 Å². The number of rotatable bonds is 5. The van der Waals surface area contributed by atoms with Crippen LogP contribution in [-0.4, -0.2) is 28.2 Å². The molecule has 3 rings (SSSR count). The van der Waals surface area contributed by atoms with Crippen molar-refractivity contribution in [3.63, 3.8) is 0 Å². The van der Waals surface area contributed by atoms with Crippen molar-refractivity contribution in [1.82, 2.24) is 4.57 Å². The van der Waals surface area contributed by atoms with Crippen molar-refractivity contribution >= 4 is 33.8 Å². The molecule has 0 radical (unpaired) electrons. The summed E-state index contributed by atoms with van der Waals surface area (Å²) in [6.45, 7) is 2.02. The van der Waals surface area contributed by atoms with E-state index >= 15 is 0 Å². The minimum atomic E-state index is -2.56. The van der Waals surface area contributed by atoms with Crippen molar-refractivity contribution in [2.45, 2.75) is 50.2 Å². The number of hydrogen-bond acceptors (Lipinski definition) is 4. The first-order valence-corrected chi connectivity index (χ1v) is 10.3. The summed E-state index contributed by atoms with van der Waals surface area (Å²) in [5.74, 6) is -2.49. The van der Waals surface area contributed by atoms with Gasteiger partial charge in [-0.3, -0.25) is 5.41 Å². The van der Waals surface area contributed by atoms with E-state index in [4.69, 9.17) is 15.9 Å². The molecular formula is C20H25F2N3O2S. The summed E-state index contributed by atoms with van der Waals surface area (Å²) in [5.41, 5.74) is 8.57. The highest BCUT2D eigenvalue weighted by molar-refractivity contribution is 8.13. The van der Waals surface area contributed by atoms with Crippen molar-refractivity contribution in [3.05, 3.63) is 35.0 Å². The number of esters is 1.